The Kier molecular flexibility index (Phi) is 4.43. The van der Waals surface area contributed by atoms with Crippen molar-refractivity contribution in [3.8, 4) is 0 Å². The van der Waals surface area contributed by atoms with Gasteiger partial charge in [-0.1, -0.05) is 12.2 Å². The molecule has 0 aromatic carbocycles. The highest BCUT2D eigenvalue weighted by Gasteiger charge is 2.42. The fourth-order valence-electron chi connectivity index (χ4n) is 4.99. The van der Waals surface area contributed by atoms with E-state index in [4.69, 9.17) is 5.73 Å². The van der Waals surface area contributed by atoms with Crippen LogP contribution >= 0.6 is 0 Å². The van der Waals surface area contributed by atoms with Crippen LogP contribution in [0.3, 0.4) is 0 Å². The van der Waals surface area contributed by atoms with Gasteiger partial charge in [-0.2, -0.15) is 5.10 Å². The Bertz CT molecular complexity index is 960. The summed E-state index contributed by atoms with van der Waals surface area (Å²) in [7, 11) is 0. The minimum absolute atomic E-state index is 0.0982. The Morgan fingerprint density at radius 3 is 2.69 bits per heavy atom. The Morgan fingerprint density at radius 2 is 2.03 bits per heavy atom. The molecule has 4 N–H and O–H groups in total. The van der Waals surface area contributed by atoms with Crippen molar-refractivity contribution >= 4 is 23.5 Å². The molecule has 0 radical (unpaired) electrons. The van der Waals surface area contributed by atoms with Crippen LogP contribution in [0, 0.1) is 0 Å². The van der Waals surface area contributed by atoms with E-state index >= 15 is 0 Å². The van der Waals surface area contributed by atoms with Crippen molar-refractivity contribution < 1.29 is 9.90 Å². The Hall–Kier alpha value is -3.00. The van der Waals surface area contributed by atoms with E-state index in [2.05, 4.69) is 31.5 Å². The molecule has 2 aromatic heterocycles. The Balaban J connectivity index is 1.38. The zero-order valence-electron chi connectivity index (χ0n) is 16.1. The highest BCUT2D eigenvalue weighted by Crippen LogP contribution is 2.40. The maximum atomic E-state index is 12.0. The predicted molar refractivity (Wildman–Crippen MR) is 109 cm³/mol. The molecule has 0 saturated carbocycles. The first-order valence-electron chi connectivity index (χ1n) is 10.1. The molecule has 8 nitrogen and oxygen atoms in total. The largest absolute Gasteiger partial charge is 0.390 e. The summed E-state index contributed by atoms with van der Waals surface area (Å²) in [4.78, 5) is 18.7. The summed E-state index contributed by atoms with van der Waals surface area (Å²) in [5.74, 6) is 0.418. The summed E-state index contributed by atoms with van der Waals surface area (Å²) < 4.78 is 0. The van der Waals surface area contributed by atoms with Gasteiger partial charge in [0.2, 0.25) is 0 Å². The molecule has 1 aliphatic carbocycles. The van der Waals surface area contributed by atoms with Gasteiger partial charge in [0.25, 0.3) is 5.91 Å². The first-order valence-corrected chi connectivity index (χ1v) is 10.1. The number of hydrogen-bond donors (Lipinski definition) is 3. The molecule has 2 fully saturated rings. The highest BCUT2D eigenvalue weighted by molar-refractivity contribution is 6.00. The number of aliphatic hydroxyl groups excluding tert-OH is 1. The number of nitrogens with zero attached hydrogens (tertiary/aromatic N) is 4. The quantitative estimate of drug-likeness (QED) is 0.708. The number of amides is 1. The average Bonchev–Trinajstić information content (AvgIpc) is 3.31. The van der Waals surface area contributed by atoms with Gasteiger partial charge in [0, 0.05) is 36.3 Å². The molecule has 4 heterocycles. The van der Waals surface area contributed by atoms with E-state index < -0.39 is 5.91 Å². The number of nitrogens with one attached hydrogen (secondary N) is 1. The van der Waals surface area contributed by atoms with Crippen LogP contribution < -0.4 is 16.0 Å². The molecule has 3 aliphatic rings. The van der Waals surface area contributed by atoms with Gasteiger partial charge in [-0.05, 0) is 37.8 Å². The lowest BCUT2D eigenvalue weighted by molar-refractivity contribution is 0.100. The first kappa shape index (κ1) is 18.1. The lowest BCUT2D eigenvalue weighted by Crippen LogP contribution is -2.47. The molecule has 2 bridgehead atoms. The number of piperidine rings is 1. The second kappa shape index (κ2) is 7.11. The smallest absolute Gasteiger partial charge is 0.252 e. The number of carbonyl (C=O) groups excluding carboxylic acids is 1. The van der Waals surface area contributed by atoms with Crippen LogP contribution in [0.1, 0.15) is 53.0 Å². The van der Waals surface area contributed by atoms with Gasteiger partial charge in [0.05, 0.1) is 29.2 Å². The maximum Gasteiger partial charge on any atom is 0.252 e. The molecule has 2 aromatic rings. The van der Waals surface area contributed by atoms with E-state index in [1.165, 1.54) is 0 Å². The van der Waals surface area contributed by atoms with Crippen LogP contribution in [0.15, 0.2) is 24.4 Å². The third-order valence-corrected chi connectivity index (χ3v) is 6.27. The molecule has 2 aliphatic heterocycles. The monoisotopic (exact) mass is 392 g/mol. The second-order valence-corrected chi connectivity index (χ2v) is 8.02. The summed E-state index contributed by atoms with van der Waals surface area (Å²) in [6, 6.07) is 4.79. The first-order chi connectivity index (χ1) is 14.1. The van der Waals surface area contributed by atoms with Crippen LogP contribution in [0.4, 0.5) is 11.5 Å². The number of allylic oxidation sites excluding steroid dienone is 1. The van der Waals surface area contributed by atoms with Crippen molar-refractivity contribution in [1.82, 2.24) is 15.2 Å². The number of pyridine rings is 1. The lowest BCUT2D eigenvalue weighted by Gasteiger charge is -2.40. The van der Waals surface area contributed by atoms with E-state index in [0.717, 1.165) is 54.9 Å². The molecule has 150 valence electrons. The molecule has 2 saturated heterocycles. The number of aliphatic hydroxyl groups is 1. The van der Waals surface area contributed by atoms with Crippen LogP contribution in [0.2, 0.25) is 0 Å². The molecule has 1 amide bonds. The Morgan fingerprint density at radius 1 is 1.24 bits per heavy atom. The van der Waals surface area contributed by atoms with Gasteiger partial charge in [-0.15, -0.1) is 5.10 Å². The number of nitrogens with two attached hydrogens (primary N) is 1. The number of fused-ring (bicyclic) bond motifs is 3. The standard InChI is InChI=1S/C21H24N6O2/c22-21(29)17-10-23-18-3-1-2-16(18)20(17)24-13-8-14-5-6-15(9-13)27(14)19-7-4-12(11-28)25-26-19/h1-2,4,7,10,13-15,28H,3,5-6,8-9,11H2,(H2,22,29)(H,23,24)/t13?,14-,15+. The molecule has 8 heteroatoms. The van der Waals surface area contributed by atoms with Gasteiger partial charge in [-0.3, -0.25) is 9.78 Å². The molecular weight excluding hydrogens is 368 g/mol. The number of primary amides is 1. The SMILES string of the molecule is NC(=O)c1cnc2c(c1NC1C[C@H]3CC[C@@H](C1)N3c1ccc(CO)nn1)C=CC2. The number of carbonyl (C=O) groups is 1. The summed E-state index contributed by atoms with van der Waals surface area (Å²) in [6.07, 6.45) is 10.6. The van der Waals surface area contributed by atoms with Crippen LogP contribution in [0.5, 0.6) is 0 Å². The lowest BCUT2D eigenvalue weighted by atomic mass is 9.96. The van der Waals surface area contributed by atoms with E-state index in [0.29, 0.717) is 23.3 Å². The minimum Gasteiger partial charge on any atom is -0.390 e. The number of anilines is 2. The third-order valence-electron chi connectivity index (χ3n) is 6.27. The summed E-state index contributed by atoms with van der Waals surface area (Å²) in [6.45, 7) is -0.0982. The van der Waals surface area contributed by atoms with E-state index in [9.17, 15) is 9.90 Å². The van der Waals surface area contributed by atoms with Gasteiger partial charge >= 0.3 is 0 Å². The molecular formula is C21H24N6O2. The molecule has 1 unspecified atom stereocenters. The third kappa shape index (κ3) is 3.13. The van der Waals surface area contributed by atoms with Crippen molar-refractivity contribution in [3.63, 3.8) is 0 Å². The summed E-state index contributed by atoms with van der Waals surface area (Å²) in [5.41, 5.74) is 9.44. The van der Waals surface area contributed by atoms with Crippen molar-refractivity contribution in [3.05, 3.63) is 46.9 Å². The van der Waals surface area contributed by atoms with Crippen molar-refractivity contribution in [2.75, 3.05) is 10.2 Å². The van der Waals surface area contributed by atoms with Crippen molar-refractivity contribution in [1.29, 1.82) is 0 Å². The fraction of sp³-hybridized carbons (Fsp3) is 0.429. The Labute approximate surface area is 168 Å². The van der Waals surface area contributed by atoms with Gasteiger partial charge in [-0.25, -0.2) is 0 Å². The van der Waals surface area contributed by atoms with E-state index in [1.54, 1.807) is 6.20 Å². The number of hydrogen-bond acceptors (Lipinski definition) is 7. The number of rotatable bonds is 5. The second-order valence-electron chi connectivity index (χ2n) is 8.02. The zero-order chi connectivity index (χ0) is 20.0. The zero-order valence-corrected chi connectivity index (χ0v) is 16.1. The highest BCUT2D eigenvalue weighted by atomic mass is 16.3. The predicted octanol–water partition coefficient (Wildman–Crippen LogP) is 1.64. The average molecular weight is 392 g/mol. The van der Waals surface area contributed by atoms with E-state index in [-0.39, 0.29) is 12.6 Å². The van der Waals surface area contributed by atoms with Crippen molar-refractivity contribution in [2.45, 2.75) is 56.8 Å². The normalized spacial score (nSPS) is 24.6. The fourth-order valence-corrected chi connectivity index (χ4v) is 4.99. The van der Waals surface area contributed by atoms with Crippen LogP contribution in [0.25, 0.3) is 6.08 Å². The topological polar surface area (TPSA) is 117 Å². The molecule has 29 heavy (non-hydrogen) atoms. The van der Waals surface area contributed by atoms with E-state index in [1.807, 2.05) is 18.2 Å². The molecule has 0 spiro atoms. The summed E-state index contributed by atoms with van der Waals surface area (Å²) in [5, 5.41) is 21.3. The van der Waals surface area contributed by atoms with Gasteiger partial charge < -0.3 is 21.1 Å². The molecule has 5 rings (SSSR count). The summed E-state index contributed by atoms with van der Waals surface area (Å²) >= 11 is 0. The maximum absolute atomic E-state index is 12.0. The van der Waals surface area contributed by atoms with Gasteiger partial charge in [0.1, 0.15) is 0 Å². The van der Waals surface area contributed by atoms with Crippen LogP contribution in [-0.2, 0) is 13.0 Å². The minimum atomic E-state index is -0.456. The van der Waals surface area contributed by atoms with Crippen molar-refractivity contribution in [2.24, 2.45) is 5.73 Å². The van der Waals surface area contributed by atoms with Crippen LogP contribution in [-0.4, -0.2) is 44.3 Å². The van der Waals surface area contributed by atoms with Gasteiger partial charge in [0.15, 0.2) is 5.82 Å². The number of aromatic nitrogens is 3. The molecule has 3 atom stereocenters.